The SMILES string of the molecule is CCCCCCCCCCCCCCCC[N+](C)(CCCCCCCCCCCCCCCC)CCCCCCCCCCCCCCCC.O=[N+]([O-])[O-]. The Hall–Kier alpha value is -0.840. The highest BCUT2D eigenvalue weighted by molar-refractivity contribution is 4.54. The molecule has 326 valence electrons. The molecule has 54 heavy (non-hydrogen) atoms. The lowest BCUT2D eigenvalue weighted by Crippen LogP contribution is -2.46. The van der Waals surface area contributed by atoms with Gasteiger partial charge in [-0.2, -0.15) is 0 Å². The first-order valence-corrected chi connectivity index (χ1v) is 25.1. The third-order valence-electron chi connectivity index (χ3n) is 12.2. The second-order valence-corrected chi connectivity index (χ2v) is 17.8. The lowest BCUT2D eigenvalue weighted by molar-refractivity contribution is -0.910. The Balaban J connectivity index is 0. The van der Waals surface area contributed by atoms with Gasteiger partial charge in [-0.25, -0.2) is 0 Å². The molecule has 5 nitrogen and oxygen atoms in total. The van der Waals surface area contributed by atoms with E-state index in [0.717, 1.165) is 0 Å². The number of unbranched alkanes of at least 4 members (excludes halogenated alkanes) is 39. The van der Waals surface area contributed by atoms with Gasteiger partial charge in [-0.3, -0.25) is 0 Å². The standard InChI is InChI=1S/C49H102N.NO3/c1-5-8-11-14-17-20-23-26-29-32-35-38-41-44-47-50(4,48-45-42-39-36-33-30-27-24-21-18-15-12-9-6-2)49-46-43-40-37-34-31-28-25-22-19-16-13-10-7-3;2-1(3)4/h5-49H2,1-4H3;/q+1;-1. The Morgan fingerprint density at radius 1 is 0.278 bits per heavy atom. The third-order valence-corrected chi connectivity index (χ3v) is 12.2. The lowest BCUT2D eigenvalue weighted by Gasteiger charge is -2.35. The average Bonchev–Trinajstić information content (AvgIpc) is 3.15. The lowest BCUT2D eigenvalue weighted by atomic mass is 10.0. The average molecular weight is 767 g/mol. The minimum Gasteiger partial charge on any atom is -0.356 e. The second kappa shape index (κ2) is 48.3. The van der Waals surface area contributed by atoms with Crippen molar-refractivity contribution >= 4 is 0 Å². The Labute approximate surface area is 341 Å². The zero-order chi connectivity index (χ0) is 39.9. The van der Waals surface area contributed by atoms with Crippen LogP contribution < -0.4 is 0 Å². The summed E-state index contributed by atoms with van der Waals surface area (Å²) in [6.07, 6.45) is 61.7. The molecule has 0 aliphatic heterocycles. The van der Waals surface area contributed by atoms with Gasteiger partial charge in [0.1, 0.15) is 0 Å². The first-order chi connectivity index (χ1) is 26.4. The van der Waals surface area contributed by atoms with E-state index in [4.69, 9.17) is 15.3 Å². The molecule has 0 radical (unpaired) electrons. The van der Waals surface area contributed by atoms with Crippen LogP contribution in [0.5, 0.6) is 0 Å². The largest absolute Gasteiger partial charge is 0.356 e. The van der Waals surface area contributed by atoms with Crippen molar-refractivity contribution in [2.24, 2.45) is 0 Å². The van der Waals surface area contributed by atoms with Gasteiger partial charge in [0.25, 0.3) is 0 Å². The van der Waals surface area contributed by atoms with E-state index < -0.39 is 5.09 Å². The molecule has 0 aromatic rings. The van der Waals surface area contributed by atoms with Crippen LogP contribution in [0, 0.1) is 15.3 Å². The van der Waals surface area contributed by atoms with Crippen molar-refractivity contribution in [2.75, 3.05) is 26.7 Å². The summed E-state index contributed by atoms with van der Waals surface area (Å²) in [5.74, 6) is 0. The quantitative estimate of drug-likeness (QED) is 0.0268. The van der Waals surface area contributed by atoms with Gasteiger partial charge in [0, 0.05) is 0 Å². The highest BCUT2D eigenvalue weighted by Gasteiger charge is 2.20. The Bertz CT molecular complexity index is 605. The summed E-state index contributed by atoms with van der Waals surface area (Å²) >= 11 is 0. The Morgan fingerprint density at radius 2 is 0.389 bits per heavy atom. The van der Waals surface area contributed by atoms with Crippen molar-refractivity contribution < 1.29 is 9.57 Å². The fraction of sp³-hybridized carbons (Fsp3) is 1.00. The van der Waals surface area contributed by atoms with Crippen LogP contribution in [-0.4, -0.2) is 36.3 Å². The van der Waals surface area contributed by atoms with Crippen molar-refractivity contribution in [3.8, 4) is 0 Å². The second-order valence-electron chi connectivity index (χ2n) is 17.8. The number of quaternary nitrogens is 1. The van der Waals surface area contributed by atoms with Crippen molar-refractivity contribution in [1.29, 1.82) is 0 Å². The Kier molecular flexibility index (Phi) is 49.4. The molecule has 0 spiro atoms. The van der Waals surface area contributed by atoms with E-state index in [2.05, 4.69) is 27.8 Å². The van der Waals surface area contributed by atoms with Gasteiger partial charge in [0.05, 0.1) is 31.8 Å². The summed E-state index contributed by atoms with van der Waals surface area (Å²) in [5.41, 5.74) is 0. The summed E-state index contributed by atoms with van der Waals surface area (Å²) < 4.78 is 1.37. The maximum absolute atomic E-state index is 8.25. The van der Waals surface area contributed by atoms with Gasteiger partial charge in [0.2, 0.25) is 0 Å². The van der Waals surface area contributed by atoms with Crippen molar-refractivity contribution in [1.82, 2.24) is 0 Å². The van der Waals surface area contributed by atoms with E-state index in [9.17, 15) is 0 Å². The van der Waals surface area contributed by atoms with Gasteiger partial charge in [-0.15, -0.1) is 0 Å². The molecule has 0 saturated heterocycles. The van der Waals surface area contributed by atoms with Crippen molar-refractivity contribution in [2.45, 2.75) is 290 Å². The predicted octanol–water partition coefficient (Wildman–Crippen LogP) is 17.6. The van der Waals surface area contributed by atoms with E-state index >= 15 is 0 Å². The zero-order valence-electron chi connectivity index (χ0n) is 37.9. The highest BCUT2D eigenvalue weighted by Crippen LogP contribution is 2.19. The van der Waals surface area contributed by atoms with E-state index in [1.165, 1.54) is 294 Å². The summed E-state index contributed by atoms with van der Waals surface area (Å²) in [4.78, 5) is 8.25. The summed E-state index contributed by atoms with van der Waals surface area (Å²) in [6.45, 7) is 11.3. The van der Waals surface area contributed by atoms with Crippen LogP contribution in [0.3, 0.4) is 0 Å². The fourth-order valence-electron chi connectivity index (χ4n) is 8.40. The topological polar surface area (TPSA) is 66.2 Å². The van der Waals surface area contributed by atoms with E-state index in [-0.39, 0.29) is 0 Å². The minimum absolute atomic E-state index is 1.37. The fourth-order valence-corrected chi connectivity index (χ4v) is 8.40. The minimum atomic E-state index is -1.75. The van der Waals surface area contributed by atoms with Gasteiger partial charge >= 0.3 is 0 Å². The van der Waals surface area contributed by atoms with Crippen molar-refractivity contribution in [3.63, 3.8) is 0 Å². The molecule has 0 fully saturated rings. The summed E-state index contributed by atoms with van der Waals surface area (Å²) in [6, 6.07) is 0. The molecule has 0 heterocycles. The maximum Gasteiger partial charge on any atom is 0.0784 e. The predicted molar refractivity (Wildman–Crippen MR) is 242 cm³/mol. The molecule has 0 aliphatic rings. The van der Waals surface area contributed by atoms with E-state index in [1.807, 2.05) is 0 Å². The molecule has 0 bridgehead atoms. The summed E-state index contributed by atoms with van der Waals surface area (Å²) in [5, 5.41) is 14.8. The molecule has 5 heteroatoms. The number of hydrogen-bond acceptors (Lipinski definition) is 3. The zero-order valence-corrected chi connectivity index (χ0v) is 37.9. The normalized spacial score (nSPS) is 11.6. The molecule has 0 aromatic heterocycles. The third kappa shape index (κ3) is 51.2. The monoisotopic (exact) mass is 767 g/mol. The molecule has 0 atom stereocenters. The van der Waals surface area contributed by atoms with Crippen LogP contribution in [0.4, 0.5) is 0 Å². The molecular formula is C49H102N2O3. The summed E-state index contributed by atoms with van der Waals surface area (Å²) in [7, 11) is 2.63. The first-order valence-electron chi connectivity index (χ1n) is 25.1. The highest BCUT2D eigenvalue weighted by atomic mass is 16.9. The Morgan fingerprint density at radius 3 is 0.519 bits per heavy atom. The van der Waals surface area contributed by atoms with Crippen LogP contribution in [0.1, 0.15) is 290 Å². The molecule has 0 unspecified atom stereocenters. The van der Waals surface area contributed by atoms with Crippen LogP contribution >= 0.6 is 0 Å². The molecule has 0 aliphatic carbocycles. The van der Waals surface area contributed by atoms with Gasteiger partial charge in [-0.05, 0) is 38.5 Å². The molecular weight excluding hydrogens is 665 g/mol. The smallest absolute Gasteiger partial charge is 0.0784 e. The number of nitrogens with zero attached hydrogens (tertiary/aromatic N) is 2. The van der Waals surface area contributed by atoms with Gasteiger partial charge < -0.3 is 19.8 Å². The van der Waals surface area contributed by atoms with Crippen LogP contribution in [0.25, 0.3) is 0 Å². The first kappa shape index (κ1) is 55.3. The van der Waals surface area contributed by atoms with Crippen LogP contribution in [-0.2, 0) is 0 Å². The van der Waals surface area contributed by atoms with Crippen LogP contribution in [0.2, 0.25) is 0 Å². The van der Waals surface area contributed by atoms with Crippen LogP contribution in [0.15, 0.2) is 0 Å². The molecule has 0 amide bonds. The number of hydrogen-bond donors (Lipinski definition) is 0. The number of rotatable bonds is 45. The van der Waals surface area contributed by atoms with Gasteiger partial charge in [-0.1, -0.05) is 252 Å². The molecule has 0 saturated carbocycles. The van der Waals surface area contributed by atoms with E-state index in [1.54, 1.807) is 0 Å². The van der Waals surface area contributed by atoms with E-state index in [0.29, 0.717) is 0 Å². The maximum atomic E-state index is 8.25. The molecule has 0 aromatic carbocycles. The molecule has 0 N–H and O–H groups in total. The van der Waals surface area contributed by atoms with Gasteiger partial charge in [0.15, 0.2) is 0 Å². The van der Waals surface area contributed by atoms with Crippen molar-refractivity contribution in [3.05, 3.63) is 15.3 Å². The molecule has 0 rings (SSSR count).